The van der Waals surface area contributed by atoms with Gasteiger partial charge in [-0.05, 0) is 17.7 Å². The maximum Gasteiger partial charge on any atom is 0.221 e. The maximum atomic E-state index is 2.86. The standard InChI is InChI=1S/C22H38B2S/c1-2-3-16-22(17-23-18-8-4-9-19(23)11-5-10-18)25-24-20-12-6-13-21(24)15-7-14-20/h17-21H,2-16H2,1H3/b22-17-. The minimum absolute atomic E-state index is 0.949. The number of hydrogen-bond acceptors (Lipinski definition) is 1. The molecule has 0 N–H and O–H groups in total. The zero-order valence-electron chi connectivity index (χ0n) is 16.6. The van der Waals surface area contributed by atoms with Crippen LogP contribution in [-0.4, -0.2) is 12.7 Å². The zero-order chi connectivity index (χ0) is 17.1. The molecule has 4 aliphatic rings. The molecule has 0 aromatic rings. The fourth-order valence-corrected chi connectivity index (χ4v) is 8.51. The zero-order valence-corrected chi connectivity index (χ0v) is 17.4. The highest BCUT2D eigenvalue weighted by Crippen LogP contribution is 2.53. The van der Waals surface area contributed by atoms with Gasteiger partial charge in [0.05, 0.1) is 0 Å². The lowest BCUT2D eigenvalue weighted by atomic mass is 9.27. The first-order valence-corrected chi connectivity index (χ1v) is 12.6. The first-order chi connectivity index (χ1) is 12.3. The Balaban J connectivity index is 1.49. The predicted octanol–water partition coefficient (Wildman–Crippen LogP) is 8.04. The maximum absolute atomic E-state index is 2.86. The van der Waals surface area contributed by atoms with Gasteiger partial charge in [0.2, 0.25) is 5.99 Å². The largest absolute Gasteiger partial charge is 0.221 e. The molecule has 3 heteroatoms. The Morgan fingerprint density at radius 3 is 1.76 bits per heavy atom. The van der Waals surface area contributed by atoms with E-state index in [4.69, 9.17) is 0 Å². The molecule has 4 aliphatic heterocycles. The summed E-state index contributed by atoms with van der Waals surface area (Å²) in [5.74, 6) is 8.01. The third-order valence-corrected chi connectivity index (χ3v) is 9.74. The highest BCUT2D eigenvalue weighted by molar-refractivity contribution is 8.28. The molecule has 0 spiro atoms. The van der Waals surface area contributed by atoms with Crippen LogP contribution in [0.3, 0.4) is 0 Å². The lowest BCUT2D eigenvalue weighted by Gasteiger charge is -2.41. The van der Waals surface area contributed by atoms with Crippen molar-refractivity contribution in [2.45, 2.75) is 127 Å². The lowest BCUT2D eigenvalue weighted by molar-refractivity contribution is 0.447. The molecule has 0 atom stereocenters. The normalized spacial score (nSPS) is 35.8. The molecule has 4 heterocycles. The average molecular weight is 356 g/mol. The Labute approximate surface area is 161 Å². The third kappa shape index (κ3) is 4.39. The van der Waals surface area contributed by atoms with Crippen molar-refractivity contribution in [3.63, 3.8) is 0 Å². The molecule has 138 valence electrons. The topological polar surface area (TPSA) is 0 Å². The summed E-state index contributed by atoms with van der Waals surface area (Å²) in [6.45, 7) is 3.32. The van der Waals surface area contributed by atoms with Crippen molar-refractivity contribution in [3.05, 3.63) is 10.9 Å². The van der Waals surface area contributed by atoms with Gasteiger partial charge in [-0.2, -0.15) is 11.6 Å². The summed E-state index contributed by atoms with van der Waals surface area (Å²) in [5, 5.41) is 0. The Morgan fingerprint density at radius 2 is 1.28 bits per heavy atom. The van der Waals surface area contributed by atoms with Crippen molar-refractivity contribution >= 4 is 24.3 Å². The summed E-state index contributed by atoms with van der Waals surface area (Å²) < 4.78 is 0. The van der Waals surface area contributed by atoms with Gasteiger partial charge in [-0.15, -0.1) is 5.98 Å². The van der Waals surface area contributed by atoms with Crippen molar-refractivity contribution in [2.75, 3.05) is 0 Å². The first kappa shape index (κ1) is 18.6. The van der Waals surface area contributed by atoms with E-state index in [0.29, 0.717) is 0 Å². The summed E-state index contributed by atoms with van der Waals surface area (Å²) in [7, 11) is 0. The molecule has 0 nitrogen and oxygen atoms in total. The number of rotatable bonds is 6. The highest BCUT2D eigenvalue weighted by Gasteiger charge is 2.41. The summed E-state index contributed by atoms with van der Waals surface area (Å²) in [6, 6.07) is 0. The average Bonchev–Trinajstić information content (AvgIpc) is 2.59. The predicted molar refractivity (Wildman–Crippen MR) is 117 cm³/mol. The second-order valence-electron chi connectivity index (χ2n) is 9.66. The second-order valence-corrected chi connectivity index (χ2v) is 11.0. The fourth-order valence-electron chi connectivity index (χ4n) is 6.73. The molecule has 0 saturated carbocycles. The van der Waals surface area contributed by atoms with Gasteiger partial charge in [-0.1, -0.05) is 114 Å². The van der Waals surface area contributed by atoms with Crippen molar-refractivity contribution in [3.8, 4) is 0 Å². The quantitative estimate of drug-likeness (QED) is 0.434. The molecular weight excluding hydrogens is 318 g/mol. The fraction of sp³-hybridized carbons (Fsp3) is 0.909. The monoisotopic (exact) mass is 356 g/mol. The molecule has 0 aromatic carbocycles. The molecule has 25 heavy (non-hydrogen) atoms. The van der Waals surface area contributed by atoms with Crippen LogP contribution in [0.25, 0.3) is 0 Å². The molecule has 4 rings (SSSR count). The van der Waals surface area contributed by atoms with E-state index in [1.807, 2.05) is 4.91 Å². The summed E-state index contributed by atoms with van der Waals surface area (Å²) in [6.07, 6.45) is 22.4. The molecule has 0 radical (unpaired) electrons. The van der Waals surface area contributed by atoms with E-state index < -0.39 is 0 Å². The van der Waals surface area contributed by atoms with Crippen LogP contribution in [0, 0.1) is 0 Å². The molecule has 4 fully saturated rings. The van der Waals surface area contributed by atoms with E-state index in [2.05, 4.69) is 24.5 Å². The molecular formula is C22H38B2S. The van der Waals surface area contributed by atoms with E-state index in [-0.39, 0.29) is 0 Å². The van der Waals surface area contributed by atoms with Gasteiger partial charge in [0, 0.05) is 0 Å². The number of allylic oxidation sites excluding steroid dienone is 1. The van der Waals surface area contributed by atoms with E-state index >= 15 is 0 Å². The number of fused-ring (bicyclic) bond motifs is 4. The number of unbranched alkanes of at least 4 members (excludes halogenated alkanes) is 1. The minimum atomic E-state index is 0.949. The second kappa shape index (κ2) is 8.94. The van der Waals surface area contributed by atoms with Crippen molar-refractivity contribution in [1.29, 1.82) is 0 Å². The van der Waals surface area contributed by atoms with Crippen LogP contribution in [0.4, 0.5) is 0 Å². The van der Waals surface area contributed by atoms with Crippen LogP contribution in [0.1, 0.15) is 103 Å². The SMILES string of the molecule is CCCC/C(=C/B1C2CCCC1CCC2)SB1C2CCCC1CCC2. The molecule has 0 unspecified atom stereocenters. The summed E-state index contributed by atoms with van der Waals surface area (Å²) >= 11 is 2.39. The van der Waals surface area contributed by atoms with E-state index in [9.17, 15) is 0 Å². The van der Waals surface area contributed by atoms with Gasteiger partial charge >= 0.3 is 0 Å². The van der Waals surface area contributed by atoms with Crippen molar-refractivity contribution in [2.24, 2.45) is 0 Å². The molecule has 4 bridgehead atoms. The summed E-state index contributed by atoms with van der Waals surface area (Å²) in [5.41, 5.74) is 0. The van der Waals surface area contributed by atoms with Crippen molar-refractivity contribution < 1.29 is 0 Å². The first-order valence-electron chi connectivity index (χ1n) is 11.7. The Hall–Kier alpha value is 0.220. The van der Waals surface area contributed by atoms with Gasteiger partial charge in [0.25, 0.3) is 0 Å². The molecule has 0 aliphatic carbocycles. The van der Waals surface area contributed by atoms with Gasteiger partial charge < -0.3 is 0 Å². The van der Waals surface area contributed by atoms with Crippen molar-refractivity contribution in [1.82, 2.24) is 0 Å². The number of hydrogen-bond donors (Lipinski definition) is 0. The van der Waals surface area contributed by atoms with E-state index in [0.717, 1.165) is 36.0 Å². The van der Waals surface area contributed by atoms with Crippen LogP contribution < -0.4 is 0 Å². The van der Waals surface area contributed by atoms with Gasteiger partial charge in [-0.25, -0.2) is 0 Å². The van der Waals surface area contributed by atoms with Crippen LogP contribution in [0.2, 0.25) is 23.3 Å². The molecule has 4 saturated heterocycles. The van der Waals surface area contributed by atoms with Crippen LogP contribution in [0.5, 0.6) is 0 Å². The third-order valence-electron chi connectivity index (χ3n) is 8.06. The summed E-state index contributed by atoms with van der Waals surface area (Å²) in [4.78, 5) is 1.83. The van der Waals surface area contributed by atoms with Crippen LogP contribution >= 0.6 is 11.6 Å². The van der Waals surface area contributed by atoms with E-state index in [1.54, 1.807) is 0 Å². The van der Waals surface area contributed by atoms with E-state index in [1.165, 1.54) is 96.3 Å². The van der Waals surface area contributed by atoms with Crippen LogP contribution in [-0.2, 0) is 0 Å². The Kier molecular flexibility index (Phi) is 6.64. The smallest absolute Gasteiger partial charge is 0.181 e. The van der Waals surface area contributed by atoms with Gasteiger partial charge in [0.15, 0.2) is 6.71 Å². The van der Waals surface area contributed by atoms with Crippen LogP contribution in [0.15, 0.2) is 10.9 Å². The molecule has 0 amide bonds. The molecule has 0 aromatic heterocycles. The highest BCUT2D eigenvalue weighted by atomic mass is 32.2. The van der Waals surface area contributed by atoms with Gasteiger partial charge in [-0.3, -0.25) is 0 Å². The Morgan fingerprint density at radius 1 is 0.800 bits per heavy atom. The Bertz CT molecular complexity index is 419. The van der Waals surface area contributed by atoms with Gasteiger partial charge in [0.1, 0.15) is 0 Å². The lowest BCUT2D eigenvalue weighted by Crippen LogP contribution is -2.34. The minimum Gasteiger partial charge on any atom is -0.181 e.